The van der Waals surface area contributed by atoms with Crippen molar-refractivity contribution in [1.82, 2.24) is 0 Å². The molecule has 180 valence electrons. The lowest BCUT2D eigenvalue weighted by Gasteiger charge is -2.30. The number of nitrogens with zero attached hydrogens (tertiary/aromatic N) is 1. The molecule has 0 radical (unpaired) electrons. The van der Waals surface area contributed by atoms with Crippen molar-refractivity contribution in [2.45, 2.75) is 41.5 Å². The third-order valence-electron chi connectivity index (χ3n) is 6.62. The van der Waals surface area contributed by atoms with Crippen molar-refractivity contribution in [3.63, 3.8) is 0 Å². The fourth-order valence-corrected chi connectivity index (χ4v) is 4.18. The zero-order chi connectivity index (χ0) is 25.4. The Morgan fingerprint density at radius 2 is 1.06 bits per heavy atom. The van der Waals surface area contributed by atoms with Crippen LogP contribution in [0.2, 0.25) is 0 Å². The number of aromatic hydroxyl groups is 3. The number of phenols is 3. The van der Waals surface area contributed by atoms with Gasteiger partial charge in [0.25, 0.3) is 0 Å². The van der Waals surface area contributed by atoms with Crippen molar-refractivity contribution in [2.24, 2.45) is 0 Å². The smallest absolute Gasteiger partial charge is 0.139 e. The highest BCUT2D eigenvalue weighted by Gasteiger charge is 2.24. The van der Waals surface area contributed by atoms with E-state index in [0.717, 1.165) is 39.1 Å². The van der Waals surface area contributed by atoms with Crippen LogP contribution >= 0.6 is 0 Å². The molecule has 0 saturated carbocycles. The van der Waals surface area contributed by atoms with Crippen molar-refractivity contribution in [3.05, 3.63) is 94.0 Å². The van der Waals surface area contributed by atoms with Gasteiger partial charge in [-0.15, -0.1) is 0 Å². The zero-order valence-electron chi connectivity index (χ0n) is 21.0. The van der Waals surface area contributed by atoms with Crippen LogP contribution in [0, 0.1) is 41.5 Å². The summed E-state index contributed by atoms with van der Waals surface area (Å²) in [5.74, 6) is 1.80. The van der Waals surface area contributed by atoms with Gasteiger partial charge in [-0.3, -0.25) is 0 Å². The van der Waals surface area contributed by atoms with Crippen LogP contribution in [0.5, 0.6) is 28.7 Å². The van der Waals surface area contributed by atoms with Gasteiger partial charge in [-0.25, -0.2) is 0 Å². The maximum absolute atomic E-state index is 10.9. The molecule has 0 aromatic heterocycles. The average Bonchev–Trinajstić information content (AvgIpc) is 2.82. The van der Waals surface area contributed by atoms with E-state index in [9.17, 15) is 15.3 Å². The molecule has 4 aromatic carbocycles. The molecule has 0 amide bonds. The Labute approximate surface area is 206 Å². The first-order valence-electron chi connectivity index (χ1n) is 11.5. The minimum atomic E-state index is 0.129. The van der Waals surface area contributed by atoms with Crippen LogP contribution in [-0.2, 0) is 0 Å². The van der Waals surface area contributed by atoms with Gasteiger partial charge in [0.05, 0.1) is 11.4 Å². The molecular weight excluding hydrogens is 438 g/mol. The molecule has 0 atom stereocenters. The zero-order valence-corrected chi connectivity index (χ0v) is 21.0. The largest absolute Gasteiger partial charge is 0.508 e. The molecule has 0 saturated heterocycles. The van der Waals surface area contributed by atoms with E-state index >= 15 is 0 Å². The first kappa shape index (κ1) is 24.0. The van der Waals surface area contributed by atoms with E-state index in [4.69, 9.17) is 4.74 Å². The van der Waals surface area contributed by atoms with Crippen molar-refractivity contribution >= 4 is 17.1 Å². The van der Waals surface area contributed by atoms with Gasteiger partial charge in [-0.05, 0) is 123 Å². The molecule has 0 fully saturated rings. The summed E-state index contributed by atoms with van der Waals surface area (Å²) in [6.07, 6.45) is 0. The molecule has 0 unspecified atom stereocenters. The Morgan fingerprint density at radius 3 is 1.57 bits per heavy atom. The van der Waals surface area contributed by atoms with Crippen LogP contribution in [-0.4, -0.2) is 15.3 Å². The SMILES string of the molecule is Cc1cc(Oc2ccc(N(c3c(O)ccc(C)c3C)c3c(O)ccc(C)c3C)cc2)c(C)cc1O. The van der Waals surface area contributed by atoms with Crippen molar-refractivity contribution in [3.8, 4) is 28.7 Å². The predicted octanol–water partition coefficient (Wildman–Crippen LogP) is 7.92. The van der Waals surface area contributed by atoms with Gasteiger partial charge < -0.3 is 25.0 Å². The fraction of sp³-hybridized carbons (Fsp3) is 0.200. The Balaban J connectivity index is 1.84. The normalized spacial score (nSPS) is 10.9. The van der Waals surface area contributed by atoms with Crippen molar-refractivity contribution in [1.29, 1.82) is 0 Å². The molecule has 0 aliphatic carbocycles. The maximum atomic E-state index is 10.9. The van der Waals surface area contributed by atoms with Gasteiger partial charge in [-0.2, -0.15) is 0 Å². The van der Waals surface area contributed by atoms with Gasteiger partial charge in [-0.1, -0.05) is 12.1 Å². The molecule has 35 heavy (non-hydrogen) atoms. The number of aryl methyl sites for hydroxylation is 4. The molecule has 5 nitrogen and oxygen atoms in total. The minimum Gasteiger partial charge on any atom is -0.508 e. The standard InChI is InChI=1S/C30H31NO4/c1-17-7-13-25(32)29(21(17)5)31(30-22(6)18(2)8-14-26(30)33)23-9-11-24(12-10-23)35-28-16-19(3)27(34)15-20(28)4/h7-16,32-34H,1-6H3. The second-order valence-corrected chi connectivity index (χ2v) is 9.09. The number of benzene rings is 4. The summed E-state index contributed by atoms with van der Waals surface area (Å²) in [7, 11) is 0. The molecule has 0 spiro atoms. The fourth-order valence-electron chi connectivity index (χ4n) is 4.18. The van der Waals surface area contributed by atoms with Crippen molar-refractivity contribution < 1.29 is 20.1 Å². The maximum Gasteiger partial charge on any atom is 0.139 e. The Bertz CT molecular complexity index is 1350. The summed E-state index contributed by atoms with van der Waals surface area (Å²) < 4.78 is 6.10. The van der Waals surface area contributed by atoms with Gasteiger partial charge in [0.15, 0.2) is 0 Å². The molecular formula is C30H31NO4. The van der Waals surface area contributed by atoms with Crippen molar-refractivity contribution in [2.75, 3.05) is 4.90 Å². The summed E-state index contributed by atoms with van der Waals surface area (Å²) in [5.41, 5.74) is 7.48. The number of hydrogen-bond donors (Lipinski definition) is 3. The first-order valence-corrected chi connectivity index (χ1v) is 11.5. The van der Waals surface area contributed by atoms with Crippen LogP contribution in [0.1, 0.15) is 33.4 Å². The second-order valence-electron chi connectivity index (χ2n) is 9.09. The van der Waals surface area contributed by atoms with Crippen LogP contribution in [0.25, 0.3) is 0 Å². The van der Waals surface area contributed by atoms with Gasteiger partial charge in [0.2, 0.25) is 0 Å². The monoisotopic (exact) mass is 469 g/mol. The molecule has 3 N–H and O–H groups in total. The summed E-state index contributed by atoms with van der Waals surface area (Å²) in [6, 6.07) is 18.1. The van der Waals surface area contributed by atoms with Crippen LogP contribution in [0.3, 0.4) is 0 Å². The lowest BCUT2D eigenvalue weighted by atomic mass is 10.0. The molecule has 5 heteroatoms. The highest BCUT2D eigenvalue weighted by molar-refractivity contribution is 5.87. The summed E-state index contributed by atoms with van der Waals surface area (Å²) >= 11 is 0. The van der Waals surface area contributed by atoms with E-state index in [2.05, 4.69) is 0 Å². The third-order valence-corrected chi connectivity index (χ3v) is 6.62. The lowest BCUT2D eigenvalue weighted by Crippen LogP contribution is -2.14. The van der Waals surface area contributed by atoms with E-state index in [1.807, 2.05) is 88.9 Å². The Kier molecular flexibility index (Phi) is 6.35. The number of ether oxygens (including phenoxy) is 1. The second kappa shape index (κ2) is 9.26. The van der Waals surface area contributed by atoms with Crippen LogP contribution in [0.15, 0.2) is 60.7 Å². The van der Waals surface area contributed by atoms with E-state index in [1.165, 1.54) is 0 Å². The van der Waals surface area contributed by atoms with E-state index < -0.39 is 0 Å². The number of phenolic OH excluding ortho intramolecular Hbond substituents is 3. The highest BCUT2D eigenvalue weighted by atomic mass is 16.5. The van der Waals surface area contributed by atoms with E-state index in [-0.39, 0.29) is 17.2 Å². The Hall–Kier alpha value is -4.12. The topological polar surface area (TPSA) is 73.2 Å². The summed E-state index contributed by atoms with van der Waals surface area (Å²) in [4.78, 5) is 1.90. The van der Waals surface area contributed by atoms with Crippen LogP contribution in [0.4, 0.5) is 17.1 Å². The lowest BCUT2D eigenvalue weighted by molar-refractivity contribution is 0.458. The van der Waals surface area contributed by atoms with Crippen LogP contribution < -0.4 is 9.64 Å². The summed E-state index contributed by atoms with van der Waals surface area (Å²) in [5, 5.41) is 31.8. The molecule has 0 aliphatic rings. The first-order chi connectivity index (χ1) is 16.6. The van der Waals surface area contributed by atoms with E-state index in [1.54, 1.807) is 18.2 Å². The predicted molar refractivity (Wildman–Crippen MR) is 141 cm³/mol. The van der Waals surface area contributed by atoms with Gasteiger partial charge in [0.1, 0.15) is 28.7 Å². The Morgan fingerprint density at radius 1 is 0.543 bits per heavy atom. The number of rotatable bonds is 5. The average molecular weight is 470 g/mol. The minimum absolute atomic E-state index is 0.129. The molecule has 0 heterocycles. The highest BCUT2D eigenvalue weighted by Crippen LogP contribution is 2.48. The van der Waals surface area contributed by atoms with E-state index in [0.29, 0.717) is 22.9 Å². The molecule has 0 bridgehead atoms. The van der Waals surface area contributed by atoms with Gasteiger partial charge >= 0.3 is 0 Å². The summed E-state index contributed by atoms with van der Waals surface area (Å²) in [6.45, 7) is 11.6. The molecule has 4 rings (SSSR count). The number of hydrogen-bond acceptors (Lipinski definition) is 5. The van der Waals surface area contributed by atoms with Gasteiger partial charge in [0, 0.05) is 5.69 Å². The number of anilines is 3. The molecule has 0 aliphatic heterocycles. The third kappa shape index (κ3) is 4.50. The molecule has 4 aromatic rings. The quantitative estimate of drug-likeness (QED) is 0.277.